The van der Waals surface area contributed by atoms with Crippen molar-refractivity contribution < 1.29 is 9.53 Å². The molecule has 4 heteroatoms. The summed E-state index contributed by atoms with van der Waals surface area (Å²) in [5.41, 5.74) is 0. The zero-order valence-electron chi connectivity index (χ0n) is 11.0. The van der Waals surface area contributed by atoms with Crippen molar-refractivity contribution in [3.05, 3.63) is 0 Å². The predicted octanol–water partition coefficient (Wildman–Crippen LogP) is 2.73. The van der Waals surface area contributed by atoms with Crippen molar-refractivity contribution in [1.29, 1.82) is 0 Å². The van der Waals surface area contributed by atoms with E-state index in [1.165, 1.54) is 25.7 Å². The molecule has 1 saturated heterocycles. The van der Waals surface area contributed by atoms with Gasteiger partial charge in [0.05, 0.1) is 0 Å². The van der Waals surface area contributed by atoms with E-state index in [0.717, 1.165) is 43.8 Å². The summed E-state index contributed by atoms with van der Waals surface area (Å²) >= 11 is 3.61. The first kappa shape index (κ1) is 14.3. The Bertz CT molecular complexity index is 267. The number of rotatable bonds is 4. The molecule has 0 bridgehead atoms. The zero-order valence-corrected chi connectivity index (χ0v) is 12.6. The van der Waals surface area contributed by atoms with E-state index in [0.29, 0.717) is 5.92 Å². The van der Waals surface area contributed by atoms with Crippen LogP contribution in [0.15, 0.2) is 0 Å². The smallest absolute Gasteiger partial charge is 0.223 e. The van der Waals surface area contributed by atoms with Crippen LogP contribution in [0.5, 0.6) is 0 Å². The molecule has 2 aliphatic rings. The predicted molar refractivity (Wildman–Crippen MR) is 75.8 cm³/mol. The van der Waals surface area contributed by atoms with Gasteiger partial charge in [-0.2, -0.15) is 0 Å². The Morgan fingerprint density at radius 3 is 2.44 bits per heavy atom. The summed E-state index contributed by atoms with van der Waals surface area (Å²) in [6.07, 6.45) is 7.02. The van der Waals surface area contributed by atoms with Crippen LogP contribution >= 0.6 is 15.9 Å². The van der Waals surface area contributed by atoms with Crippen molar-refractivity contribution in [3.8, 4) is 0 Å². The number of carbonyl (C=O) groups excluding carboxylic acids is 1. The van der Waals surface area contributed by atoms with Crippen molar-refractivity contribution >= 4 is 21.8 Å². The number of alkyl halides is 1. The summed E-state index contributed by atoms with van der Waals surface area (Å²) in [5.74, 6) is 1.85. The van der Waals surface area contributed by atoms with Crippen LogP contribution in [-0.4, -0.2) is 31.0 Å². The molecule has 1 aliphatic heterocycles. The van der Waals surface area contributed by atoms with Crippen LogP contribution in [0.3, 0.4) is 0 Å². The molecule has 104 valence electrons. The summed E-state index contributed by atoms with van der Waals surface area (Å²) in [5, 5.41) is 4.25. The van der Waals surface area contributed by atoms with E-state index in [9.17, 15) is 4.79 Å². The van der Waals surface area contributed by atoms with E-state index in [1.807, 2.05) is 0 Å². The van der Waals surface area contributed by atoms with E-state index in [2.05, 4.69) is 21.2 Å². The van der Waals surface area contributed by atoms with Gasteiger partial charge in [0.15, 0.2) is 0 Å². The number of hydrogen-bond donors (Lipinski definition) is 1. The second kappa shape index (κ2) is 7.49. The molecule has 2 unspecified atom stereocenters. The molecule has 1 N–H and O–H groups in total. The van der Waals surface area contributed by atoms with E-state index in [-0.39, 0.29) is 11.8 Å². The quantitative estimate of drug-likeness (QED) is 0.810. The summed E-state index contributed by atoms with van der Waals surface area (Å²) in [4.78, 5) is 12.1. The van der Waals surface area contributed by atoms with Gasteiger partial charge in [-0.25, -0.2) is 0 Å². The summed E-state index contributed by atoms with van der Waals surface area (Å²) in [6, 6.07) is 0. The van der Waals surface area contributed by atoms with E-state index < -0.39 is 0 Å². The number of ether oxygens (including phenoxy) is 1. The lowest BCUT2D eigenvalue weighted by Gasteiger charge is -2.31. The van der Waals surface area contributed by atoms with Crippen LogP contribution in [0.4, 0.5) is 0 Å². The normalized spacial score (nSPS) is 30.1. The van der Waals surface area contributed by atoms with Gasteiger partial charge >= 0.3 is 0 Å². The third-order valence-electron chi connectivity index (χ3n) is 4.40. The standard InChI is InChI=1S/C14H24BrNO2/c15-9-12-3-1-2-4-13(12)10-16-14(17)11-5-7-18-8-6-11/h11-13H,1-10H2,(H,16,17). The molecule has 1 amide bonds. The fraction of sp³-hybridized carbons (Fsp3) is 0.929. The molecule has 3 nitrogen and oxygen atoms in total. The highest BCUT2D eigenvalue weighted by Gasteiger charge is 2.26. The van der Waals surface area contributed by atoms with Crippen molar-refractivity contribution in [1.82, 2.24) is 5.32 Å². The molecular weight excluding hydrogens is 294 g/mol. The molecule has 0 aromatic rings. The summed E-state index contributed by atoms with van der Waals surface area (Å²) in [7, 11) is 0. The van der Waals surface area contributed by atoms with Crippen molar-refractivity contribution in [2.45, 2.75) is 38.5 Å². The Morgan fingerprint density at radius 2 is 1.78 bits per heavy atom. The van der Waals surface area contributed by atoms with Gasteiger partial charge < -0.3 is 10.1 Å². The van der Waals surface area contributed by atoms with Crippen LogP contribution in [0.1, 0.15) is 38.5 Å². The second-order valence-corrected chi connectivity index (χ2v) is 6.24. The maximum atomic E-state index is 12.1. The average Bonchev–Trinajstić information content (AvgIpc) is 2.46. The van der Waals surface area contributed by atoms with Gasteiger partial charge in [-0.05, 0) is 37.5 Å². The topological polar surface area (TPSA) is 38.3 Å². The largest absolute Gasteiger partial charge is 0.381 e. The zero-order chi connectivity index (χ0) is 12.8. The van der Waals surface area contributed by atoms with Crippen LogP contribution in [0, 0.1) is 17.8 Å². The number of amides is 1. The fourth-order valence-corrected chi connectivity index (χ4v) is 3.94. The van der Waals surface area contributed by atoms with E-state index in [1.54, 1.807) is 0 Å². The lowest BCUT2D eigenvalue weighted by atomic mass is 9.80. The number of halogens is 1. The highest BCUT2D eigenvalue weighted by molar-refractivity contribution is 9.09. The van der Waals surface area contributed by atoms with Gasteiger partial charge in [0.1, 0.15) is 0 Å². The first-order valence-electron chi connectivity index (χ1n) is 7.22. The molecule has 2 atom stereocenters. The first-order chi connectivity index (χ1) is 8.81. The maximum Gasteiger partial charge on any atom is 0.223 e. The molecule has 18 heavy (non-hydrogen) atoms. The third-order valence-corrected chi connectivity index (χ3v) is 5.23. The minimum absolute atomic E-state index is 0.185. The Hall–Kier alpha value is -0.0900. The fourth-order valence-electron chi connectivity index (χ4n) is 3.09. The highest BCUT2D eigenvalue weighted by Crippen LogP contribution is 2.30. The molecule has 0 aromatic heterocycles. The minimum Gasteiger partial charge on any atom is -0.381 e. The Morgan fingerprint density at radius 1 is 1.11 bits per heavy atom. The molecule has 2 rings (SSSR count). The van der Waals surface area contributed by atoms with Gasteiger partial charge in [0.2, 0.25) is 5.91 Å². The molecule has 0 spiro atoms. The van der Waals surface area contributed by atoms with Gasteiger partial charge in [-0.3, -0.25) is 4.79 Å². The number of nitrogens with one attached hydrogen (secondary N) is 1. The molecule has 1 aliphatic carbocycles. The lowest BCUT2D eigenvalue weighted by Crippen LogP contribution is -2.39. The van der Waals surface area contributed by atoms with Crippen LogP contribution in [0.2, 0.25) is 0 Å². The van der Waals surface area contributed by atoms with Crippen molar-refractivity contribution in [2.24, 2.45) is 17.8 Å². The average molecular weight is 318 g/mol. The second-order valence-electron chi connectivity index (χ2n) is 5.59. The monoisotopic (exact) mass is 317 g/mol. The van der Waals surface area contributed by atoms with Crippen molar-refractivity contribution in [2.75, 3.05) is 25.1 Å². The summed E-state index contributed by atoms with van der Waals surface area (Å²) in [6.45, 7) is 2.35. The molecular formula is C14H24BrNO2. The summed E-state index contributed by atoms with van der Waals surface area (Å²) < 4.78 is 5.29. The maximum absolute atomic E-state index is 12.1. The Labute approximate surface area is 118 Å². The molecule has 0 aromatic carbocycles. The van der Waals surface area contributed by atoms with E-state index >= 15 is 0 Å². The molecule has 1 heterocycles. The van der Waals surface area contributed by atoms with Crippen molar-refractivity contribution in [3.63, 3.8) is 0 Å². The molecule has 1 saturated carbocycles. The van der Waals surface area contributed by atoms with Crippen LogP contribution in [0.25, 0.3) is 0 Å². The van der Waals surface area contributed by atoms with Gasteiger partial charge in [-0.1, -0.05) is 28.8 Å². The van der Waals surface area contributed by atoms with E-state index in [4.69, 9.17) is 4.74 Å². The SMILES string of the molecule is O=C(NCC1CCCCC1CBr)C1CCOCC1. The van der Waals surface area contributed by atoms with Crippen LogP contribution < -0.4 is 5.32 Å². The Balaban J connectivity index is 1.73. The highest BCUT2D eigenvalue weighted by atomic mass is 79.9. The molecule has 0 radical (unpaired) electrons. The Kier molecular flexibility index (Phi) is 5.96. The van der Waals surface area contributed by atoms with Gasteiger partial charge in [-0.15, -0.1) is 0 Å². The number of hydrogen-bond acceptors (Lipinski definition) is 2. The lowest BCUT2D eigenvalue weighted by molar-refractivity contribution is -0.128. The first-order valence-corrected chi connectivity index (χ1v) is 8.35. The van der Waals surface area contributed by atoms with Crippen LogP contribution in [-0.2, 0) is 9.53 Å². The van der Waals surface area contributed by atoms with Gasteiger partial charge in [0.25, 0.3) is 0 Å². The molecule has 2 fully saturated rings. The number of carbonyl (C=O) groups is 1. The minimum atomic E-state index is 0.185. The third kappa shape index (κ3) is 3.95. The van der Waals surface area contributed by atoms with Gasteiger partial charge in [0, 0.05) is 31.0 Å².